The summed E-state index contributed by atoms with van der Waals surface area (Å²) in [5, 5.41) is 3.07. The van der Waals surface area contributed by atoms with Crippen molar-refractivity contribution in [2.45, 2.75) is 26.3 Å². The average molecular weight is 326 g/mol. The van der Waals surface area contributed by atoms with E-state index in [4.69, 9.17) is 9.47 Å². The monoisotopic (exact) mass is 326 g/mol. The van der Waals surface area contributed by atoms with Crippen molar-refractivity contribution in [3.8, 4) is 11.5 Å². The van der Waals surface area contributed by atoms with Crippen molar-refractivity contribution >= 4 is 5.91 Å². The van der Waals surface area contributed by atoms with Crippen LogP contribution in [-0.4, -0.2) is 24.1 Å². The van der Waals surface area contributed by atoms with Gasteiger partial charge in [0.25, 0.3) is 5.91 Å². The van der Waals surface area contributed by atoms with Crippen molar-refractivity contribution in [3.05, 3.63) is 53.9 Å². The molecule has 2 aromatic rings. The van der Waals surface area contributed by atoms with Crippen LogP contribution in [0.2, 0.25) is 0 Å². The van der Waals surface area contributed by atoms with Crippen LogP contribution in [-0.2, 0) is 0 Å². The van der Waals surface area contributed by atoms with Crippen molar-refractivity contribution in [1.82, 2.24) is 10.3 Å². The molecule has 2 heterocycles. The maximum Gasteiger partial charge on any atom is 0.270 e. The fourth-order valence-corrected chi connectivity index (χ4v) is 2.72. The van der Waals surface area contributed by atoms with Crippen LogP contribution in [0.15, 0.2) is 42.6 Å². The van der Waals surface area contributed by atoms with Crippen molar-refractivity contribution in [2.75, 3.05) is 13.2 Å². The number of aromatic nitrogens is 1. The third-order valence-corrected chi connectivity index (χ3v) is 3.98. The van der Waals surface area contributed by atoms with E-state index in [9.17, 15) is 4.79 Å². The van der Waals surface area contributed by atoms with Gasteiger partial charge in [0, 0.05) is 12.6 Å². The first-order valence-corrected chi connectivity index (χ1v) is 8.26. The minimum absolute atomic E-state index is 0.128. The van der Waals surface area contributed by atoms with Crippen LogP contribution in [0.4, 0.5) is 0 Å². The van der Waals surface area contributed by atoms with Gasteiger partial charge in [0.05, 0.1) is 19.3 Å². The predicted molar refractivity (Wildman–Crippen MR) is 91.3 cm³/mol. The quantitative estimate of drug-likeness (QED) is 0.936. The van der Waals surface area contributed by atoms with Gasteiger partial charge < -0.3 is 14.8 Å². The summed E-state index contributed by atoms with van der Waals surface area (Å²) in [6, 6.07) is 11.0. The molecule has 0 fully saturated rings. The lowest BCUT2D eigenvalue weighted by Crippen LogP contribution is -2.32. The molecule has 1 aromatic heterocycles. The molecular formula is C19H22N2O3. The van der Waals surface area contributed by atoms with Gasteiger partial charge in [-0.05, 0) is 35.7 Å². The van der Waals surface area contributed by atoms with Crippen LogP contribution >= 0.6 is 0 Å². The van der Waals surface area contributed by atoms with Gasteiger partial charge in [-0.1, -0.05) is 26.0 Å². The predicted octanol–water partition coefficient (Wildman–Crippen LogP) is 3.37. The van der Waals surface area contributed by atoms with Gasteiger partial charge in [-0.25, -0.2) is 0 Å². The molecular weight excluding hydrogens is 304 g/mol. The van der Waals surface area contributed by atoms with Crippen LogP contribution < -0.4 is 14.8 Å². The minimum atomic E-state index is -0.179. The van der Waals surface area contributed by atoms with Crippen LogP contribution in [0.25, 0.3) is 0 Å². The highest BCUT2D eigenvalue weighted by Crippen LogP contribution is 2.34. The molecule has 1 N–H and O–H groups in total. The Labute approximate surface area is 142 Å². The standard InChI is InChI=1S/C19H22N2O3/c1-13(2)18(21-19(22)15-6-3-4-9-20-15)14-7-8-16-17(12-14)24-11-5-10-23-16/h3-4,6-9,12-13,18H,5,10-11H2,1-2H3,(H,21,22). The number of rotatable bonds is 4. The Morgan fingerprint density at radius 1 is 1.12 bits per heavy atom. The maximum absolute atomic E-state index is 12.4. The number of hydrogen-bond acceptors (Lipinski definition) is 4. The number of ether oxygens (including phenoxy) is 2. The molecule has 24 heavy (non-hydrogen) atoms. The number of carbonyl (C=O) groups excluding carboxylic acids is 1. The van der Waals surface area contributed by atoms with E-state index in [1.165, 1.54) is 0 Å². The molecule has 3 rings (SSSR count). The molecule has 1 aromatic carbocycles. The van der Waals surface area contributed by atoms with Gasteiger partial charge in [0.2, 0.25) is 0 Å². The molecule has 5 nitrogen and oxygen atoms in total. The molecule has 1 unspecified atom stereocenters. The van der Waals surface area contributed by atoms with Crippen LogP contribution in [0.5, 0.6) is 11.5 Å². The summed E-state index contributed by atoms with van der Waals surface area (Å²) in [5.41, 5.74) is 1.41. The molecule has 0 bridgehead atoms. The van der Waals surface area contributed by atoms with Crippen molar-refractivity contribution < 1.29 is 14.3 Å². The molecule has 1 amide bonds. The normalized spacial score (nSPS) is 14.8. The summed E-state index contributed by atoms with van der Waals surface area (Å²) in [6.45, 7) is 5.46. The largest absolute Gasteiger partial charge is 0.490 e. The lowest BCUT2D eigenvalue weighted by Gasteiger charge is -2.23. The van der Waals surface area contributed by atoms with Gasteiger partial charge in [0.1, 0.15) is 5.69 Å². The van der Waals surface area contributed by atoms with Crippen LogP contribution in [0.1, 0.15) is 42.4 Å². The topological polar surface area (TPSA) is 60.5 Å². The van der Waals surface area contributed by atoms with Gasteiger partial charge in [-0.15, -0.1) is 0 Å². The van der Waals surface area contributed by atoms with Gasteiger partial charge in [-0.3, -0.25) is 9.78 Å². The van der Waals surface area contributed by atoms with E-state index in [0.717, 1.165) is 23.5 Å². The molecule has 0 spiro atoms. The van der Waals surface area contributed by atoms with E-state index in [1.54, 1.807) is 24.4 Å². The average Bonchev–Trinajstić information content (AvgIpc) is 2.84. The molecule has 0 radical (unpaired) electrons. The van der Waals surface area contributed by atoms with Crippen molar-refractivity contribution in [3.63, 3.8) is 0 Å². The molecule has 0 saturated carbocycles. The first-order valence-electron chi connectivity index (χ1n) is 8.26. The Morgan fingerprint density at radius 3 is 2.62 bits per heavy atom. The highest BCUT2D eigenvalue weighted by molar-refractivity contribution is 5.92. The zero-order valence-electron chi connectivity index (χ0n) is 14.0. The molecule has 0 saturated heterocycles. The third-order valence-electron chi connectivity index (χ3n) is 3.98. The van der Waals surface area contributed by atoms with E-state index >= 15 is 0 Å². The lowest BCUT2D eigenvalue weighted by molar-refractivity contribution is 0.0920. The molecule has 0 aliphatic carbocycles. The number of pyridine rings is 1. The second kappa shape index (κ2) is 7.34. The van der Waals surface area contributed by atoms with Gasteiger partial charge >= 0.3 is 0 Å². The van der Waals surface area contributed by atoms with Crippen molar-refractivity contribution in [1.29, 1.82) is 0 Å². The zero-order valence-corrected chi connectivity index (χ0v) is 14.0. The Kier molecular flexibility index (Phi) is 4.99. The Morgan fingerprint density at radius 2 is 1.92 bits per heavy atom. The smallest absolute Gasteiger partial charge is 0.270 e. The van der Waals surface area contributed by atoms with E-state index in [0.29, 0.717) is 18.9 Å². The molecule has 5 heteroatoms. The highest BCUT2D eigenvalue weighted by Gasteiger charge is 2.22. The first kappa shape index (κ1) is 16.3. The second-order valence-electron chi connectivity index (χ2n) is 6.17. The summed E-state index contributed by atoms with van der Waals surface area (Å²) in [5.74, 6) is 1.54. The van der Waals surface area contributed by atoms with E-state index < -0.39 is 0 Å². The molecule has 1 atom stereocenters. The highest BCUT2D eigenvalue weighted by atomic mass is 16.5. The zero-order chi connectivity index (χ0) is 16.9. The molecule has 126 valence electrons. The first-order chi connectivity index (χ1) is 11.6. The number of nitrogens with one attached hydrogen (secondary N) is 1. The molecule has 1 aliphatic heterocycles. The summed E-state index contributed by atoms with van der Waals surface area (Å²) < 4.78 is 11.4. The third kappa shape index (κ3) is 3.67. The fourth-order valence-electron chi connectivity index (χ4n) is 2.72. The van der Waals surface area contributed by atoms with Crippen LogP contribution in [0.3, 0.4) is 0 Å². The van der Waals surface area contributed by atoms with Gasteiger partial charge in [-0.2, -0.15) is 0 Å². The van der Waals surface area contributed by atoms with E-state index in [-0.39, 0.29) is 17.9 Å². The maximum atomic E-state index is 12.4. The lowest BCUT2D eigenvalue weighted by atomic mass is 9.95. The second-order valence-corrected chi connectivity index (χ2v) is 6.17. The minimum Gasteiger partial charge on any atom is -0.490 e. The number of nitrogens with zero attached hydrogens (tertiary/aromatic N) is 1. The Hall–Kier alpha value is -2.56. The van der Waals surface area contributed by atoms with E-state index in [1.807, 2.05) is 18.2 Å². The molecule has 1 aliphatic rings. The van der Waals surface area contributed by atoms with Crippen LogP contribution in [0, 0.1) is 5.92 Å². The Balaban J connectivity index is 1.83. The fraction of sp³-hybridized carbons (Fsp3) is 0.368. The Bertz CT molecular complexity index is 701. The SMILES string of the molecule is CC(C)C(NC(=O)c1ccccn1)c1ccc2c(c1)OCCCO2. The number of fused-ring (bicyclic) bond motifs is 1. The van der Waals surface area contributed by atoms with Crippen molar-refractivity contribution in [2.24, 2.45) is 5.92 Å². The summed E-state index contributed by atoms with van der Waals surface area (Å²) in [4.78, 5) is 16.6. The summed E-state index contributed by atoms with van der Waals surface area (Å²) in [7, 11) is 0. The summed E-state index contributed by atoms with van der Waals surface area (Å²) >= 11 is 0. The number of hydrogen-bond donors (Lipinski definition) is 1. The number of benzene rings is 1. The van der Waals surface area contributed by atoms with E-state index in [2.05, 4.69) is 24.1 Å². The summed E-state index contributed by atoms with van der Waals surface area (Å²) in [6.07, 6.45) is 2.49. The number of carbonyl (C=O) groups is 1. The van der Waals surface area contributed by atoms with Gasteiger partial charge in [0.15, 0.2) is 11.5 Å². The number of amides is 1.